The van der Waals surface area contributed by atoms with Crippen LogP contribution in [0.25, 0.3) is 0 Å². The molecule has 0 aliphatic carbocycles. The van der Waals surface area contributed by atoms with Gasteiger partial charge in [-0.3, -0.25) is 0 Å². The van der Waals surface area contributed by atoms with Crippen molar-refractivity contribution < 1.29 is 9.47 Å². The zero-order valence-corrected chi connectivity index (χ0v) is 16.0. The maximum atomic E-state index is 5.99. The molecule has 0 aliphatic rings. The predicted molar refractivity (Wildman–Crippen MR) is 113 cm³/mol. The van der Waals surface area contributed by atoms with E-state index in [0.29, 0.717) is 25.7 Å². The molecule has 0 saturated carbocycles. The van der Waals surface area contributed by atoms with Gasteiger partial charge in [0, 0.05) is 0 Å². The number of guanidine groups is 1. The quantitative estimate of drug-likeness (QED) is 0.454. The number of nitrogens with zero attached hydrogens (tertiary/aromatic N) is 1. The number of hydrogen-bond acceptors (Lipinski definition) is 3. The summed E-state index contributed by atoms with van der Waals surface area (Å²) < 4.78 is 11.1. The van der Waals surface area contributed by atoms with Crippen LogP contribution in [0, 0.1) is 0 Å². The van der Waals surface area contributed by atoms with Crippen LogP contribution >= 0.6 is 0 Å². The highest BCUT2D eigenvalue weighted by molar-refractivity contribution is 5.93. The lowest BCUT2D eigenvalue weighted by Gasteiger charge is -2.10. The molecule has 144 valence electrons. The largest absolute Gasteiger partial charge is 0.495 e. The number of anilines is 1. The Morgan fingerprint density at radius 2 is 1.43 bits per heavy atom. The second-order valence-electron chi connectivity index (χ2n) is 6.32. The number of nitrogens with one attached hydrogen (secondary N) is 1. The minimum atomic E-state index is 0.347. The van der Waals surface area contributed by atoms with E-state index in [4.69, 9.17) is 15.2 Å². The average Bonchev–Trinajstić information content (AvgIpc) is 2.74. The standard InChI is InChI=1S/C23H25N3O2/c1-27-22-10-6-5-9-21(22)26-23(24)25-15-18-11-13-20(14-12-18)17-28-16-19-7-3-2-4-8-19/h2-14H,15-17H2,1H3,(H3,24,25,26). The first kappa shape index (κ1) is 19.5. The zero-order chi connectivity index (χ0) is 19.6. The summed E-state index contributed by atoms with van der Waals surface area (Å²) in [7, 11) is 1.62. The Hall–Kier alpha value is -3.31. The van der Waals surface area contributed by atoms with Gasteiger partial charge in [-0.15, -0.1) is 0 Å². The van der Waals surface area contributed by atoms with Crippen LogP contribution in [0.1, 0.15) is 16.7 Å². The maximum absolute atomic E-state index is 5.99. The third kappa shape index (κ3) is 5.86. The molecule has 0 unspecified atom stereocenters. The number of ether oxygens (including phenoxy) is 2. The highest BCUT2D eigenvalue weighted by atomic mass is 16.5. The Kier molecular flexibility index (Phi) is 7.04. The van der Waals surface area contributed by atoms with Crippen LogP contribution < -0.4 is 15.8 Å². The van der Waals surface area contributed by atoms with Crippen molar-refractivity contribution in [3.8, 4) is 5.75 Å². The molecule has 5 heteroatoms. The molecular formula is C23H25N3O2. The summed E-state index contributed by atoms with van der Waals surface area (Å²) in [6.07, 6.45) is 0. The van der Waals surface area contributed by atoms with Gasteiger partial charge in [0.05, 0.1) is 32.6 Å². The summed E-state index contributed by atoms with van der Waals surface area (Å²) in [5.74, 6) is 1.07. The Morgan fingerprint density at radius 3 is 2.14 bits per heavy atom. The van der Waals surface area contributed by atoms with Gasteiger partial charge in [-0.2, -0.15) is 0 Å². The Labute approximate surface area is 165 Å². The maximum Gasteiger partial charge on any atom is 0.193 e. The number of hydrogen-bond donors (Lipinski definition) is 2. The first-order chi connectivity index (χ1) is 13.7. The van der Waals surface area contributed by atoms with Gasteiger partial charge in [-0.05, 0) is 28.8 Å². The fraction of sp³-hybridized carbons (Fsp3) is 0.174. The number of rotatable bonds is 8. The Bertz CT molecular complexity index is 893. The van der Waals surface area contributed by atoms with E-state index in [1.807, 2.05) is 54.6 Å². The van der Waals surface area contributed by atoms with Gasteiger partial charge >= 0.3 is 0 Å². The molecule has 3 rings (SSSR count). The fourth-order valence-corrected chi connectivity index (χ4v) is 2.70. The van der Waals surface area contributed by atoms with Crippen LogP contribution in [-0.2, 0) is 24.5 Å². The molecule has 3 N–H and O–H groups in total. The molecular weight excluding hydrogens is 350 g/mol. The third-order valence-corrected chi connectivity index (χ3v) is 4.20. The average molecular weight is 375 g/mol. The molecule has 0 radical (unpaired) electrons. The molecule has 0 amide bonds. The molecule has 0 bridgehead atoms. The lowest BCUT2D eigenvalue weighted by Crippen LogP contribution is -2.22. The molecule has 3 aromatic carbocycles. The smallest absolute Gasteiger partial charge is 0.193 e. The second kappa shape index (κ2) is 10.1. The van der Waals surface area contributed by atoms with E-state index in [9.17, 15) is 0 Å². The van der Waals surface area contributed by atoms with Crippen molar-refractivity contribution in [3.05, 3.63) is 95.6 Å². The lowest BCUT2D eigenvalue weighted by atomic mass is 10.1. The topological polar surface area (TPSA) is 68.9 Å². The number of methoxy groups -OCH3 is 1. The Morgan fingerprint density at radius 1 is 0.821 bits per heavy atom. The van der Waals surface area contributed by atoms with Crippen molar-refractivity contribution >= 4 is 11.6 Å². The normalized spacial score (nSPS) is 11.2. The van der Waals surface area contributed by atoms with Crippen molar-refractivity contribution in [1.82, 2.24) is 0 Å². The van der Waals surface area contributed by atoms with Gasteiger partial charge in [-0.25, -0.2) is 4.99 Å². The van der Waals surface area contributed by atoms with E-state index in [-0.39, 0.29) is 0 Å². The van der Waals surface area contributed by atoms with Crippen LogP contribution in [0.3, 0.4) is 0 Å². The molecule has 5 nitrogen and oxygen atoms in total. The van der Waals surface area contributed by atoms with E-state index in [2.05, 4.69) is 34.6 Å². The summed E-state index contributed by atoms with van der Waals surface area (Å²) in [6, 6.07) is 25.9. The van der Waals surface area contributed by atoms with Crippen molar-refractivity contribution in [1.29, 1.82) is 0 Å². The van der Waals surface area contributed by atoms with Crippen LogP contribution in [0.2, 0.25) is 0 Å². The fourth-order valence-electron chi connectivity index (χ4n) is 2.70. The lowest BCUT2D eigenvalue weighted by molar-refractivity contribution is 0.107. The van der Waals surface area contributed by atoms with Gasteiger partial charge in [0.15, 0.2) is 5.96 Å². The molecule has 0 aromatic heterocycles. The van der Waals surface area contributed by atoms with Crippen molar-refractivity contribution in [2.24, 2.45) is 10.7 Å². The van der Waals surface area contributed by atoms with E-state index in [1.54, 1.807) is 7.11 Å². The molecule has 0 atom stereocenters. The zero-order valence-electron chi connectivity index (χ0n) is 16.0. The third-order valence-electron chi connectivity index (χ3n) is 4.20. The summed E-state index contributed by atoms with van der Waals surface area (Å²) in [4.78, 5) is 4.39. The summed E-state index contributed by atoms with van der Waals surface area (Å²) >= 11 is 0. The van der Waals surface area contributed by atoms with Crippen molar-refractivity contribution in [2.75, 3.05) is 12.4 Å². The SMILES string of the molecule is COc1ccccc1NC(N)=NCc1ccc(COCc2ccccc2)cc1. The number of benzene rings is 3. The minimum Gasteiger partial charge on any atom is -0.495 e. The highest BCUT2D eigenvalue weighted by Gasteiger charge is 2.02. The van der Waals surface area contributed by atoms with Crippen LogP contribution in [0.15, 0.2) is 83.9 Å². The van der Waals surface area contributed by atoms with E-state index < -0.39 is 0 Å². The molecule has 0 spiro atoms. The van der Waals surface area contributed by atoms with Gasteiger partial charge < -0.3 is 20.5 Å². The van der Waals surface area contributed by atoms with Crippen LogP contribution in [0.5, 0.6) is 5.75 Å². The monoisotopic (exact) mass is 375 g/mol. The van der Waals surface area contributed by atoms with E-state index in [1.165, 1.54) is 5.56 Å². The van der Waals surface area contributed by atoms with Crippen molar-refractivity contribution in [2.45, 2.75) is 19.8 Å². The van der Waals surface area contributed by atoms with Crippen molar-refractivity contribution in [3.63, 3.8) is 0 Å². The van der Waals surface area contributed by atoms with Crippen LogP contribution in [-0.4, -0.2) is 13.1 Å². The summed E-state index contributed by atoms with van der Waals surface area (Å²) in [5, 5.41) is 3.07. The Balaban J connectivity index is 1.48. The van der Waals surface area contributed by atoms with Gasteiger partial charge in [0.25, 0.3) is 0 Å². The van der Waals surface area contributed by atoms with Gasteiger partial charge in [-0.1, -0.05) is 66.7 Å². The van der Waals surface area contributed by atoms with E-state index >= 15 is 0 Å². The van der Waals surface area contributed by atoms with Crippen LogP contribution in [0.4, 0.5) is 5.69 Å². The van der Waals surface area contributed by atoms with Gasteiger partial charge in [0.2, 0.25) is 0 Å². The number of nitrogens with two attached hydrogens (primary N) is 1. The molecule has 3 aromatic rings. The molecule has 0 heterocycles. The first-order valence-electron chi connectivity index (χ1n) is 9.14. The molecule has 0 saturated heterocycles. The molecule has 0 aliphatic heterocycles. The van der Waals surface area contributed by atoms with E-state index in [0.717, 1.165) is 22.6 Å². The summed E-state index contributed by atoms with van der Waals surface area (Å²) in [5.41, 5.74) is 10.2. The number of aliphatic imine (C=N–C) groups is 1. The summed E-state index contributed by atoms with van der Waals surface area (Å²) in [6.45, 7) is 1.69. The highest BCUT2D eigenvalue weighted by Crippen LogP contribution is 2.22. The molecule has 0 fully saturated rings. The molecule has 28 heavy (non-hydrogen) atoms. The second-order valence-corrected chi connectivity index (χ2v) is 6.32. The van der Waals surface area contributed by atoms with Gasteiger partial charge in [0.1, 0.15) is 5.75 Å². The minimum absolute atomic E-state index is 0.347. The predicted octanol–water partition coefficient (Wildman–Crippen LogP) is 4.34. The number of para-hydroxylation sites is 2. The first-order valence-corrected chi connectivity index (χ1v) is 9.14.